The number of hydrogen-bond donors (Lipinski definition) is 4. The van der Waals surface area contributed by atoms with E-state index in [4.69, 9.17) is 18.9 Å². The minimum atomic E-state index is -1.33. The number of fused-ring (bicyclic) bond motifs is 2. The lowest BCUT2D eigenvalue weighted by Crippen LogP contribution is -2.47. The molecule has 2 amide bonds. The van der Waals surface area contributed by atoms with Crippen LogP contribution in [0, 0.1) is 47.5 Å². The molecule has 4 N–H and O–H groups in total. The van der Waals surface area contributed by atoms with Crippen LogP contribution < -0.4 is 19.7 Å². The highest BCUT2D eigenvalue weighted by Crippen LogP contribution is 2.47. The molecule has 0 fully saturated rings. The number of aromatic hydroxyl groups is 2. The smallest absolute Gasteiger partial charge is 0.350 e. The maximum atomic E-state index is 14.1. The number of Topliss-reactive ketones (excluding diaryl/α,β-unsaturated/α-hetero) is 1. The lowest BCUT2D eigenvalue weighted by atomic mass is 9.79. The molecule has 0 bridgehead atoms. The van der Waals surface area contributed by atoms with E-state index in [1.54, 1.807) is 59.7 Å². The highest BCUT2D eigenvalue weighted by atomic mass is 16.6. The fourth-order valence-corrected chi connectivity index (χ4v) is 9.58. The van der Waals surface area contributed by atoms with Gasteiger partial charge < -0.3 is 44.5 Å². The summed E-state index contributed by atoms with van der Waals surface area (Å²) in [5, 5.41) is 41.6. The van der Waals surface area contributed by atoms with Crippen molar-refractivity contribution in [3.05, 3.63) is 85.2 Å². The van der Waals surface area contributed by atoms with Crippen molar-refractivity contribution in [1.29, 1.82) is 0 Å². The number of esters is 2. The van der Waals surface area contributed by atoms with E-state index in [0.717, 1.165) is 22.3 Å². The number of ketones is 1. The number of carbonyl (C=O) groups excluding carboxylic acids is 5. The van der Waals surface area contributed by atoms with E-state index in [1.807, 2.05) is 60.3 Å². The second-order valence-electron chi connectivity index (χ2n) is 20.8. The number of rotatable bonds is 13. The molecule has 0 saturated carbocycles. The monoisotopic (exact) mass is 976 g/mol. The SMILES string of the molecule is CCC(C)C(=O)Nc1cc(N(CCOC(=O)C2(C)CCc3c(C)c(O)c(C)c(C)c3O2)CCOC(=O)C2(C)CCc3c(C)c(O)c(C)c(C)c3O2)ccc1C1=C(O)/C(=C2\C(=O)N(C(C)(C)C)N=C2C)C1=O. The highest BCUT2D eigenvalue weighted by molar-refractivity contribution is 6.44. The molecular weight excluding hydrogens is 909 g/mol. The van der Waals surface area contributed by atoms with Gasteiger partial charge in [-0.2, -0.15) is 5.10 Å². The van der Waals surface area contributed by atoms with Crippen molar-refractivity contribution in [3.63, 3.8) is 0 Å². The van der Waals surface area contributed by atoms with Crippen molar-refractivity contribution < 1.29 is 58.2 Å². The number of nitrogens with zero attached hydrogens (tertiary/aromatic N) is 3. The van der Waals surface area contributed by atoms with Crippen molar-refractivity contribution in [1.82, 2.24) is 5.01 Å². The van der Waals surface area contributed by atoms with Crippen molar-refractivity contribution >= 4 is 52.2 Å². The van der Waals surface area contributed by atoms with Crippen LogP contribution in [0.2, 0.25) is 0 Å². The number of carbonyl (C=O) groups is 5. The quantitative estimate of drug-likeness (QED) is 0.0935. The number of hydrazone groups is 1. The average Bonchev–Trinajstić information content (AvgIpc) is 3.63. The van der Waals surface area contributed by atoms with Crippen LogP contribution in [-0.2, 0) is 46.3 Å². The van der Waals surface area contributed by atoms with Gasteiger partial charge in [0, 0.05) is 41.1 Å². The Labute approximate surface area is 415 Å². The Hall–Kier alpha value is -6.84. The van der Waals surface area contributed by atoms with E-state index < -0.39 is 52.0 Å². The van der Waals surface area contributed by atoms with Crippen LogP contribution in [-0.4, -0.2) is 98.6 Å². The summed E-state index contributed by atoms with van der Waals surface area (Å²) >= 11 is 0. The Morgan fingerprint density at radius 1 is 0.775 bits per heavy atom. The predicted octanol–water partition coefficient (Wildman–Crippen LogP) is 8.56. The first-order valence-corrected chi connectivity index (χ1v) is 24.4. The molecule has 0 saturated heterocycles. The van der Waals surface area contributed by atoms with Crippen LogP contribution >= 0.6 is 0 Å². The van der Waals surface area contributed by atoms with Crippen molar-refractivity contribution in [2.75, 3.05) is 36.5 Å². The zero-order chi connectivity index (χ0) is 52.4. The number of anilines is 2. The average molecular weight is 977 g/mol. The molecule has 4 aliphatic rings. The number of hydrogen-bond acceptors (Lipinski definition) is 14. The van der Waals surface area contributed by atoms with Gasteiger partial charge in [0.15, 0.2) is 0 Å². The van der Waals surface area contributed by atoms with Gasteiger partial charge in [-0.25, -0.2) is 14.6 Å². The van der Waals surface area contributed by atoms with Gasteiger partial charge in [-0.3, -0.25) is 14.4 Å². The molecule has 1 aliphatic carbocycles. The van der Waals surface area contributed by atoms with Crippen molar-refractivity contribution in [2.45, 2.75) is 146 Å². The Morgan fingerprint density at radius 3 is 1.70 bits per heavy atom. The first-order valence-electron chi connectivity index (χ1n) is 24.4. The van der Waals surface area contributed by atoms with Gasteiger partial charge in [-0.15, -0.1) is 0 Å². The summed E-state index contributed by atoms with van der Waals surface area (Å²) < 4.78 is 24.7. The lowest BCUT2D eigenvalue weighted by Gasteiger charge is -2.36. The first-order chi connectivity index (χ1) is 33.2. The second kappa shape index (κ2) is 19.1. The van der Waals surface area contributed by atoms with Crippen LogP contribution in [0.4, 0.5) is 11.4 Å². The Morgan fingerprint density at radius 2 is 1.27 bits per heavy atom. The number of ether oxygens (including phenoxy) is 4. The third kappa shape index (κ3) is 9.21. The van der Waals surface area contributed by atoms with E-state index in [-0.39, 0.29) is 71.7 Å². The molecule has 3 aromatic carbocycles. The molecule has 3 aliphatic heterocycles. The molecule has 3 atom stereocenters. The summed E-state index contributed by atoms with van der Waals surface area (Å²) in [6, 6.07) is 4.92. The van der Waals surface area contributed by atoms with Gasteiger partial charge in [-0.1, -0.05) is 13.8 Å². The third-order valence-corrected chi connectivity index (χ3v) is 14.9. The fourth-order valence-electron chi connectivity index (χ4n) is 9.58. The molecule has 16 nitrogen and oxygen atoms in total. The van der Waals surface area contributed by atoms with Gasteiger partial charge in [0.2, 0.25) is 22.9 Å². The number of amides is 2. The van der Waals surface area contributed by atoms with Gasteiger partial charge in [0.05, 0.1) is 46.7 Å². The minimum absolute atomic E-state index is 0.0102. The molecule has 71 heavy (non-hydrogen) atoms. The van der Waals surface area contributed by atoms with Crippen LogP contribution in [0.15, 0.2) is 40.2 Å². The normalized spacial score (nSPS) is 21.1. The van der Waals surface area contributed by atoms with E-state index >= 15 is 0 Å². The molecule has 380 valence electrons. The molecule has 3 unspecified atom stereocenters. The summed E-state index contributed by atoms with van der Waals surface area (Å²) in [4.78, 5) is 70.9. The topological polar surface area (TPSA) is 214 Å². The first kappa shape index (κ1) is 52.0. The number of nitrogens with one attached hydrogen (secondary N) is 1. The summed E-state index contributed by atoms with van der Waals surface area (Å²) in [5.74, 6) is -1.92. The molecule has 0 aromatic heterocycles. The minimum Gasteiger partial charge on any atom is -0.507 e. The van der Waals surface area contributed by atoms with E-state index in [0.29, 0.717) is 77.3 Å². The summed E-state index contributed by atoms with van der Waals surface area (Å²) in [6.45, 7) is 24.9. The molecule has 0 spiro atoms. The van der Waals surface area contributed by atoms with Gasteiger partial charge in [0.1, 0.15) is 42.0 Å². The summed E-state index contributed by atoms with van der Waals surface area (Å²) in [7, 11) is 0. The van der Waals surface area contributed by atoms with Gasteiger partial charge >= 0.3 is 11.9 Å². The number of aliphatic hydroxyl groups is 1. The van der Waals surface area contributed by atoms with Crippen LogP contribution in [0.3, 0.4) is 0 Å². The van der Waals surface area contributed by atoms with Crippen LogP contribution in [0.1, 0.15) is 125 Å². The van der Waals surface area contributed by atoms with Gasteiger partial charge in [0.25, 0.3) is 5.91 Å². The maximum absolute atomic E-state index is 14.1. The molecule has 0 radical (unpaired) electrons. The van der Waals surface area contributed by atoms with Gasteiger partial charge in [-0.05, 0) is 154 Å². The Bertz CT molecular complexity index is 2780. The second-order valence-corrected chi connectivity index (χ2v) is 20.8. The lowest BCUT2D eigenvalue weighted by molar-refractivity contribution is -0.162. The molecule has 3 heterocycles. The zero-order valence-corrected chi connectivity index (χ0v) is 43.5. The van der Waals surface area contributed by atoms with Crippen LogP contribution in [0.25, 0.3) is 5.57 Å². The Kier molecular flexibility index (Phi) is 14.0. The highest BCUT2D eigenvalue weighted by Gasteiger charge is 2.47. The number of aliphatic hydroxyl groups excluding tert-OH is 1. The van der Waals surface area contributed by atoms with Crippen LogP contribution in [0.5, 0.6) is 23.0 Å². The summed E-state index contributed by atoms with van der Waals surface area (Å²) in [5.41, 5.74) is 3.55. The summed E-state index contributed by atoms with van der Waals surface area (Å²) in [6.07, 6.45) is 2.10. The fraction of sp³-hybridized carbons (Fsp3) is 0.491. The predicted molar refractivity (Wildman–Crippen MR) is 269 cm³/mol. The third-order valence-electron chi connectivity index (χ3n) is 14.9. The van der Waals surface area contributed by atoms with E-state index in [2.05, 4.69) is 10.4 Å². The maximum Gasteiger partial charge on any atom is 0.350 e. The largest absolute Gasteiger partial charge is 0.507 e. The number of phenolic OH excluding ortho intramolecular Hbond substituents is 2. The molecule has 7 rings (SSSR count). The van der Waals surface area contributed by atoms with Crippen molar-refractivity contribution in [2.24, 2.45) is 11.0 Å². The number of phenols is 2. The number of benzene rings is 3. The van der Waals surface area contributed by atoms with Crippen molar-refractivity contribution in [3.8, 4) is 23.0 Å². The van der Waals surface area contributed by atoms with E-state index in [1.165, 1.54) is 5.01 Å². The standard InChI is InChI=1S/C55H68N4O12/c1-15-27(2)49(64)56-39-26-35(16-17-38(39)41-45(62)42(46(41)63)40-34(9)57-59(50(40)65)53(10,11)12)58(22-24-68-51(66)54(13)20-18-36-32(7)43(60)28(3)30(5)47(36)70-54)23-25-69-52(67)55(14)21-19-37-33(8)44(61)29(4)31(6)48(37)71-55/h16-17,26-27,60-62H,15,18-25H2,1-14H3,(H,56,64)/b42-40+. The Balaban J connectivity index is 1.19. The number of allylic oxidation sites excluding steroid dienone is 2. The zero-order valence-electron chi connectivity index (χ0n) is 43.5. The molecule has 3 aromatic rings. The molecule has 16 heteroatoms. The molecular formula is C55H68N4O12. The van der Waals surface area contributed by atoms with E-state index in [9.17, 15) is 39.3 Å².